The zero-order chi connectivity index (χ0) is 19.6. The second-order valence-electron chi connectivity index (χ2n) is 6.96. The minimum Gasteiger partial charge on any atom is -0.300 e. The van der Waals surface area contributed by atoms with Gasteiger partial charge < -0.3 is 4.79 Å². The third kappa shape index (κ3) is 45.4. The topological polar surface area (TPSA) is 17.1 Å². The number of hydrogen-bond donors (Lipinski definition) is 0. The fraction of sp³-hybridized carbons (Fsp3) is 0.957. The fourth-order valence-electron chi connectivity index (χ4n) is 2.62. The van der Waals surface area contributed by atoms with Gasteiger partial charge in [0.15, 0.2) is 0 Å². The SMILES string of the molecule is CCBr.CCCC(C)=O.CCCCCCCCCCCCCCCC. The Morgan fingerprint density at radius 3 is 0.920 bits per heavy atom. The van der Waals surface area contributed by atoms with Gasteiger partial charge >= 0.3 is 0 Å². The van der Waals surface area contributed by atoms with Crippen LogP contribution in [0.1, 0.15) is 137 Å². The number of halogens is 1. The molecule has 0 amide bonds. The maximum absolute atomic E-state index is 10.0. The first-order chi connectivity index (χ1) is 12.1. The first kappa shape index (κ1) is 29.9. The molecule has 1 nitrogen and oxygen atoms in total. The fourth-order valence-corrected chi connectivity index (χ4v) is 2.62. The summed E-state index contributed by atoms with van der Waals surface area (Å²) in [5.74, 6) is 0.289. The summed E-state index contributed by atoms with van der Waals surface area (Å²) >= 11 is 3.15. The van der Waals surface area contributed by atoms with Crippen molar-refractivity contribution in [2.24, 2.45) is 0 Å². The average Bonchev–Trinajstić information content (AvgIpc) is 2.57. The maximum atomic E-state index is 10.0. The van der Waals surface area contributed by atoms with Crippen LogP contribution in [0, 0.1) is 0 Å². The van der Waals surface area contributed by atoms with Crippen molar-refractivity contribution in [3.8, 4) is 0 Å². The number of rotatable bonds is 15. The highest BCUT2D eigenvalue weighted by atomic mass is 79.9. The summed E-state index contributed by atoms with van der Waals surface area (Å²) in [7, 11) is 0. The van der Waals surface area contributed by atoms with Gasteiger partial charge in [-0.15, -0.1) is 0 Å². The number of alkyl halides is 1. The van der Waals surface area contributed by atoms with Crippen LogP contribution in [0.5, 0.6) is 0 Å². The molecule has 0 spiro atoms. The molecule has 0 fully saturated rings. The zero-order valence-electron chi connectivity index (χ0n) is 18.3. The van der Waals surface area contributed by atoms with Crippen molar-refractivity contribution >= 4 is 21.7 Å². The molecule has 0 aliphatic rings. The highest BCUT2D eigenvalue weighted by Gasteiger charge is 1.92. The van der Waals surface area contributed by atoms with Crippen LogP contribution < -0.4 is 0 Å². The lowest BCUT2D eigenvalue weighted by Crippen LogP contribution is -1.84. The van der Waals surface area contributed by atoms with E-state index >= 15 is 0 Å². The third-order valence-corrected chi connectivity index (χ3v) is 4.06. The monoisotopic (exact) mass is 420 g/mol. The van der Waals surface area contributed by atoms with E-state index in [9.17, 15) is 4.79 Å². The molecule has 0 saturated heterocycles. The van der Waals surface area contributed by atoms with E-state index in [0.29, 0.717) is 0 Å². The van der Waals surface area contributed by atoms with E-state index in [1.165, 1.54) is 89.9 Å². The maximum Gasteiger partial charge on any atom is 0.129 e. The van der Waals surface area contributed by atoms with Crippen LogP contribution in [0.25, 0.3) is 0 Å². The van der Waals surface area contributed by atoms with Crippen molar-refractivity contribution in [1.82, 2.24) is 0 Å². The summed E-state index contributed by atoms with van der Waals surface area (Å²) in [6.07, 6.45) is 22.1. The number of carbonyl (C=O) groups excluding carboxylic acids is 1. The molecular weight excluding hydrogens is 372 g/mol. The third-order valence-electron chi connectivity index (χ3n) is 4.06. The Bertz CT molecular complexity index is 202. The molecule has 0 heterocycles. The number of Topliss-reactive ketones (excluding diaryl/α,β-unsaturated/α-hetero) is 1. The van der Waals surface area contributed by atoms with Gasteiger partial charge in [0, 0.05) is 11.8 Å². The Balaban J connectivity index is -0.000000445. The first-order valence-electron chi connectivity index (χ1n) is 11.2. The number of carbonyl (C=O) groups is 1. The van der Waals surface area contributed by atoms with Crippen LogP contribution in [-0.2, 0) is 4.79 Å². The molecule has 25 heavy (non-hydrogen) atoms. The Kier molecular flexibility index (Phi) is 38.1. The lowest BCUT2D eigenvalue weighted by Gasteiger charge is -2.02. The molecule has 0 aromatic heterocycles. The molecule has 0 aromatic rings. The van der Waals surface area contributed by atoms with Gasteiger partial charge in [-0.3, -0.25) is 0 Å². The highest BCUT2D eigenvalue weighted by Crippen LogP contribution is 2.12. The van der Waals surface area contributed by atoms with Crippen molar-refractivity contribution in [2.75, 3.05) is 5.33 Å². The summed E-state index contributed by atoms with van der Waals surface area (Å²) in [5, 5.41) is 1.06. The van der Waals surface area contributed by atoms with Gasteiger partial charge in [-0.05, 0) is 13.3 Å². The van der Waals surface area contributed by atoms with Gasteiger partial charge in [-0.25, -0.2) is 0 Å². The van der Waals surface area contributed by atoms with Gasteiger partial charge in [0.1, 0.15) is 5.78 Å². The second kappa shape index (κ2) is 31.9. The van der Waals surface area contributed by atoms with Crippen LogP contribution in [-0.4, -0.2) is 11.1 Å². The van der Waals surface area contributed by atoms with E-state index < -0.39 is 0 Å². The summed E-state index contributed by atoms with van der Waals surface area (Å²) in [6.45, 7) is 10.2. The molecule has 0 aliphatic heterocycles. The van der Waals surface area contributed by atoms with Crippen LogP contribution in [0.2, 0.25) is 0 Å². The van der Waals surface area contributed by atoms with Crippen LogP contribution in [0.3, 0.4) is 0 Å². The first-order valence-corrected chi connectivity index (χ1v) is 12.3. The Labute approximate surface area is 169 Å². The van der Waals surface area contributed by atoms with Crippen LogP contribution in [0.4, 0.5) is 0 Å². The van der Waals surface area contributed by atoms with E-state index in [1.54, 1.807) is 6.92 Å². The smallest absolute Gasteiger partial charge is 0.129 e. The predicted octanol–water partition coefficient (Wildman–Crippen LogP) is 9.26. The molecule has 0 saturated carbocycles. The summed E-state index contributed by atoms with van der Waals surface area (Å²) in [6, 6.07) is 0. The molecule has 2 heteroatoms. The number of ketones is 1. The molecule has 0 unspecified atom stereocenters. The summed E-state index contributed by atoms with van der Waals surface area (Å²) in [4.78, 5) is 10.0. The Morgan fingerprint density at radius 1 is 0.560 bits per heavy atom. The van der Waals surface area contributed by atoms with Gasteiger partial charge in [-0.1, -0.05) is 134 Å². The summed E-state index contributed by atoms with van der Waals surface area (Å²) in [5.41, 5.74) is 0. The lowest BCUT2D eigenvalue weighted by atomic mass is 10.0. The molecule has 154 valence electrons. The highest BCUT2D eigenvalue weighted by molar-refractivity contribution is 9.09. The van der Waals surface area contributed by atoms with Crippen LogP contribution >= 0.6 is 15.9 Å². The van der Waals surface area contributed by atoms with E-state index in [2.05, 4.69) is 29.8 Å². The normalized spacial score (nSPS) is 9.68. The molecule has 0 aliphatic carbocycles. The second-order valence-corrected chi connectivity index (χ2v) is 8.08. The summed E-state index contributed by atoms with van der Waals surface area (Å²) < 4.78 is 0. The molecular formula is C23H49BrO. The van der Waals surface area contributed by atoms with Crippen molar-refractivity contribution in [3.05, 3.63) is 0 Å². The molecule has 0 radical (unpaired) electrons. The molecule has 0 bridgehead atoms. The van der Waals surface area contributed by atoms with Crippen LogP contribution in [0.15, 0.2) is 0 Å². The molecule has 0 atom stereocenters. The minimum absolute atomic E-state index is 0.289. The van der Waals surface area contributed by atoms with Gasteiger partial charge in [0.25, 0.3) is 0 Å². The Hall–Kier alpha value is 0.150. The molecule has 0 N–H and O–H groups in total. The molecule has 0 aromatic carbocycles. The molecule has 0 rings (SSSR count). The van der Waals surface area contributed by atoms with E-state index in [0.717, 1.165) is 18.2 Å². The Morgan fingerprint density at radius 2 is 0.800 bits per heavy atom. The van der Waals surface area contributed by atoms with Gasteiger partial charge in [0.2, 0.25) is 0 Å². The lowest BCUT2D eigenvalue weighted by molar-refractivity contribution is -0.117. The van der Waals surface area contributed by atoms with Crippen molar-refractivity contribution in [2.45, 2.75) is 137 Å². The van der Waals surface area contributed by atoms with Crippen molar-refractivity contribution in [1.29, 1.82) is 0 Å². The van der Waals surface area contributed by atoms with E-state index in [4.69, 9.17) is 0 Å². The van der Waals surface area contributed by atoms with Crippen molar-refractivity contribution < 1.29 is 4.79 Å². The zero-order valence-corrected chi connectivity index (χ0v) is 19.9. The quantitative estimate of drug-likeness (QED) is 0.190. The van der Waals surface area contributed by atoms with E-state index in [1.807, 2.05) is 13.8 Å². The number of unbranched alkanes of at least 4 members (excludes halogenated alkanes) is 13. The van der Waals surface area contributed by atoms with Crippen molar-refractivity contribution in [3.63, 3.8) is 0 Å². The van der Waals surface area contributed by atoms with E-state index in [-0.39, 0.29) is 5.78 Å². The standard InChI is InChI=1S/C16H34.C5H10O.C2H5Br/c1-3-5-7-9-11-13-15-16-14-12-10-8-6-4-2;1-3-4-5(2)6;1-2-3/h3-16H2,1-2H3;3-4H2,1-2H3;2H2,1H3. The minimum atomic E-state index is 0.289. The van der Waals surface area contributed by atoms with Gasteiger partial charge in [-0.2, -0.15) is 0 Å². The average molecular weight is 422 g/mol. The largest absolute Gasteiger partial charge is 0.300 e. The number of hydrogen-bond acceptors (Lipinski definition) is 1. The van der Waals surface area contributed by atoms with Gasteiger partial charge in [0.05, 0.1) is 0 Å². The predicted molar refractivity (Wildman–Crippen MR) is 121 cm³/mol.